The van der Waals surface area contributed by atoms with E-state index in [0.717, 1.165) is 46.9 Å². The molecule has 15 heteroatoms. The van der Waals surface area contributed by atoms with Crippen molar-refractivity contribution in [3.05, 3.63) is 71.8 Å². The maximum Gasteiger partial charge on any atom is 0.418 e. The number of pyridine rings is 2. The van der Waals surface area contributed by atoms with E-state index in [2.05, 4.69) is 20.0 Å². The zero-order chi connectivity index (χ0) is 29.2. The predicted molar refractivity (Wildman–Crippen MR) is 129 cm³/mol. The molecule has 1 fully saturated rings. The summed E-state index contributed by atoms with van der Waals surface area (Å²) in [5.74, 6) is -1.85. The number of carbonyl (C=O) groups is 1. The minimum atomic E-state index is -4.82. The number of ether oxygens (including phenoxy) is 1. The molecule has 4 rings (SSSR count). The third-order valence-corrected chi connectivity index (χ3v) is 8.32. The summed E-state index contributed by atoms with van der Waals surface area (Å²) >= 11 is 0. The average molecular weight is 589 g/mol. The lowest BCUT2D eigenvalue weighted by Gasteiger charge is -2.27. The van der Waals surface area contributed by atoms with Gasteiger partial charge in [-0.1, -0.05) is 0 Å². The van der Waals surface area contributed by atoms with Crippen molar-refractivity contribution in [1.82, 2.24) is 19.6 Å². The highest BCUT2D eigenvalue weighted by molar-refractivity contribution is 7.89. The molecule has 2 aromatic heterocycles. The van der Waals surface area contributed by atoms with Crippen molar-refractivity contribution < 1.29 is 44.3 Å². The van der Waals surface area contributed by atoms with E-state index in [4.69, 9.17) is 0 Å². The lowest BCUT2D eigenvalue weighted by Crippen LogP contribution is -2.48. The normalized spacial score (nSPS) is 18.2. The van der Waals surface area contributed by atoms with Crippen LogP contribution >= 0.6 is 0 Å². The highest BCUT2D eigenvalue weighted by Crippen LogP contribution is 2.34. The first-order chi connectivity index (χ1) is 18.8. The van der Waals surface area contributed by atoms with Crippen LogP contribution in [0.15, 0.2) is 59.8 Å². The number of halogens is 6. The van der Waals surface area contributed by atoms with E-state index >= 15 is 0 Å². The van der Waals surface area contributed by atoms with Crippen LogP contribution in [0.25, 0.3) is 11.3 Å². The Kier molecular flexibility index (Phi) is 8.35. The molecule has 0 radical (unpaired) electrons. The number of nitrogens with zero attached hydrogens (tertiary/aromatic N) is 3. The summed E-state index contributed by atoms with van der Waals surface area (Å²) < 4.78 is 111. The molecule has 40 heavy (non-hydrogen) atoms. The highest BCUT2D eigenvalue weighted by atomic mass is 32.2. The molecule has 3 aromatic rings. The number of hydrogen-bond acceptors (Lipinski definition) is 6. The van der Waals surface area contributed by atoms with Gasteiger partial charge in [0.1, 0.15) is 11.9 Å². The number of aromatic nitrogens is 2. The standard InChI is InChI=1S/C25H22F6N4O4S/c1-14-2-8-21(35(14)40(37,38)18-6-4-17(26)5-7-18)23(36)34-12-16-10-20(32-13-19(16)25(29,30)31)15-3-9-22(33-11-15)39-24(27)28/h3-7,9-11,13-14,21,24H,2,8,12H2,1H3,(H,34,36)/t14-,21-/m0/s1. The molecule has 0 unspecified atom stereocenters. The molecule has 0 spiro atoms. The van der Waals surface area contributed by atoms with E-state index in [1.807, 2.05) is 0 Å². The van der Waals surface area contributed by atoms with Crippen LogP contribution in [0.2, 0.25) is 0 Å². The second-order valence-electron chi connectivity index (χ2n) is 8.94. The van der Waals surface area contributed by atoms with Crippen molar-refractivity contribution in [3.8, 4) is 17.1 Å². The molecule has 1 aliphatic heterocycles. The number of hydrogen-bond donors (Lipinski definition) is 1. The van der Waals surface area contributed by atoms with Crippen LogP contribution in [0.5, 0.6) is 5.88 Å². The number of amides is 1. The molecule has 0 bridgehead atoms. The van der Waals surface area contributed by atoms with Gasteiger partial charge < -0.3 is 10.1 Å². The van der Waals surface area contributed by atoms with Crippen molar-refractivity contribution in [2.75, 3.05) is 0 Å². The molecule has 1 saturated heterocycles. The Labute approximate surface area is 225 Å². The molecule has 1 aliphatic rings. The van der Waals surface area contributed by atoms with E-state index < -0.39 is 64.6 Å². The fourth-order valence-corrected chi connectivity index (χ4v) is 6.23. The molecule has 0 saturated carbocycles. The lowest BCUT2D eigenvalue weighted by molar-refractivity contribution is -0.138. The summed E-state index contributed by atoms with van der Waals surface area (Å²) in [6.07, 6.45) is -2.71. The van der Waals surface area contributed by atoms with E-state index in [-0.39, 0.29) is 28.1 Å². The summed E-state index contributed by atoms with van der Waals surface area (Å²) in [6, 6.07) is 5.73. The number of nitrogens with one attached hydrogen (secondary N) is 1. The van der Waals surface area contributed by atoms with Gasteiger partial charge in [-0.25, -0.2) is 17.8 Å². The van der Waals surface area contributed by atoms with Crippen LogP contribution in [0.1, 0.15) is 30.9 Å². The predicted octanol–water partition coefficient (Wildman–Crippen LogP) is 4.76. The van der Waals surface area contributed by atoms with Crippen molar-refractivity contribution in [1.29, 1.82) is 0 Å². The van der Waals surface area contributed by atoms with Crippen LogP contribution in [0.3, 0.4) is 0 Å². The second kappa shape index (κ2) is 11.4. The van der Waals surface area contributed by atoms with E-state index in [1.54, 1.807) is 6.92 Å². The van der Waals surface area contributed by atoms with Gasteiger partial charge in [-0.05, 0) is 61.7 Å². The first-order valence-electron chi connectivity index (χ1n) is 11.8. The number of benzene rings is 1. The van der Waals surface area contributed by atoms with Gasteiger partial charge in [-0.2, -0.15) is 26.3 Å². The highest BCUT2D eigenvalue weighted by Gasteiger charge is 2.44. The Balaban J connectivity index is 1.57. The first kappa shape index (κ1) is 29.3. The maximum absolute atomic E-state index is 13.7. The quantitative estimate of drug-likeness (QED) is 0.381. The summed E-state index contributed by atoms with van der Waals surface area (Å²) in [6.45, 7) is -2.13. The summed E-state index contributed by atoms with van der Waals surface area (Å²) in [7, 11) is -4.22. The minimum absolute atomic E-state index is 0.0170. The largest absolute Gasteiger partial charge is 0.418 e. The average Bonchev–Trinajstić information content (AvgIpc) is 3.29. The van der Waals surface area contributed by atoms with Crippen LogP contribution in [0.4, 0.5) is 26.3 Å². The van der Waals surface area contributed by atoms with Crippen molar-refractivity contribution >= 4 is 15.9 Å². The van der Waals surface area contributed by atoms with Gasteiger partial charge in [-0.3, -0.25) is 9.78 Å². The summed E-state index contributed by atoms with van der Waals surface area (Å²) in [4.78, 5) is 20.3. The Hall–Kier alpha value is -3.72. The van der Waals surface area contributed by atoms with Crippen LogP contribution in [-0.2, 0) is 27.5 Å². The zero-order valence-electron chi connectivity index (χ0n) is 20.7. The topological polar surface area (TPSA) is 101 Å². The fourth-order valence-electron chi connectivity index (χ4n) is 4.39. The molecule has 3 heterocycles. The molecule has 1 amide bonds. The van der Waals surface area contributed by atoms with E-state index in [0.29, 0.717) is 12.6 Å². The molecule has 0 aliphatic carbocycles. The monoisotopic (exact) mass is 588 g/mol. The third-order valence-electron chi connectivity index (χ3n) is 6.28. The zero-order valence-corrected chi connectivity index (χ0v) is 21.5. The molecular formula is C25H22F6N4O4S. The smallest absolute Gasteiger partial charge is 0.417 e. The van der Waals surface area contributed by atoms with Crippen LogP contribution in [0, 0.1) is 5.82 Å². The van der Waals surface area contributed by atoms with Gasteiger partial charge in [-0.15, -0.1) is 0 Å². The van der Waals surface area contributed by atoms with Gasteiger partial charge in [0.15, 0.2) is 0 Å². The molecule has 8 nitrogen and oxygen atoms in total. The van der Waals surface area contributed by atoms with Crippen molar-refractivity contribution in [2.24, 2.45) is 0 Å². The van der Waals surface area contributed by atoms with Gasteiger partial charge in [0.25, 0.3) is 0 Å². The molecular weight excluding hydrogens is 566 g/mol. The number of carbonyl (C=O) groups excluding carboxylic acids is 1. The lowest BCUT2D eigenvalue weighted by atomic mass is 10.1. The number of alkyl halides is 5. The third kappa shape index (κ3) is 6.36. The van der Waals surface area contributed by atoms with Crippen LogP contribution in [-0.4, -0.2) is 47.3 Å². The van der Waals surface area contributed by atoms with E-state index in [9.17, 15) is 39.6 Å². The Bertz CT molecular complexity index is 1470. The first-order valence-corrected chi connectivity index (χ1v) is 13.3. The van der Waals surface area contributed by atoms with Gasteiger partial charge in [0.05, 0.1) is 16.2 Å². The van der Waals surface area contributed by atoms with Crippen molar-refractivity contribution in [2.45, 2.75) is 56.1 Å². The molecule has 214 valence electrons. The maximum atomic E-state index is 13.7. The van der Waals surface area contributed by atoms with Crippen LogP contribution < -0.4 is 10.1 Å². The summed E-state index contributed by atoms with van der Waals surface area (Å²) in [5, 5.41) is 2.39. The van der Waals surface area contributed by atoms with E-state index in [1.165, 1.54) is 6.07 Å². The Morgan fingerprint density at radius 3 is 2.40 bits per heavy atom. The van der Waals surface area contributed by atoms with Gasteiger partial charge in [0, 0.05) is 36.6 Å². The fraction of sp³-hybridized carbons (Fsp3) is 0.320. The summed E-state index contributed by atoms with van der Waals surface area (Å²) in [5.41, 5.74) is -1.28. The second-order valence-corrected chi connectivity index (χ2v) is 10.8. The number of rotatable bonds is 8. The SMILES string of the molecule is C[C@H]1CC[C@@H](C(=O)NCc2cc(-c3ccc(OC(F)F)nc3)ncc2C(F)(F)F)N1S(=O)(=O)c1ccc(F)cc1. The number of sulfonamides is 1. The molecule has 1 N–H and O–H groups in total. The van der Waals surface area contributed by atoms with Crippen molar-refractivity contribution in [3.63, 3.8) is 0 Å². The van der Waals surface area contributed by atoms with Gasteiger partial charge in [0.2, 0.25) is 21.8 Å². The Morgan fingerprint density at radius 1 is 1.10 bits per heavy atom. The molecule has 1 aromatic carbocycles. The Morgan fingerprint density at radius 2 is 1.80 bits per heavy atom. The minimum Gasteiger partial charge on any atom is -0.417 e. The van der Waals surface area contributed by atoms with Gasteiger partial charge >= 0.3 is 12.8 Å². The molecule has 2 atom stereocenters.